The average molecular weight is 400 g/mol. The summed E-state index contributed by atoms with van der Waals surface area (Å²) >= 11 is 0. The van der Waals surface area contributed by atoms with E-state index in [-0.39, 0.29) is 5.54 Å². The molecule has 2 fully saturated rings. The van der Waals surface area contributed by atoms with Crippen molar-refractivity contribution in [1.29, 1.82) is 0 Å². The highest BCUT2D eigenvalue weighted by Gasteiger charge is 2.44. The third-order valence-electron chi connectivity index (χ3n) is 6.80. The molecule has 0 saturated heterocycles. The van der Waals surface area contributed by atoms with Crippen molar-refractivity contribution in [2.24, 2.45) is 17.8 Å². The van der Waals surface area contributed by atoms with Crippen molar-refractivity contribution in [3.63, 3.8) is 0 Å². The molecule has 4 unspecified atom stereocenters. The summed E-state index contributed by atoms with van der Waals surface area (Å²) in [5, 5.41) is 8.02. The first-order valence-electron chi connectivity index (χ1n) is 10.8. The van der Waals surface area contributed by atoms with Crippen molar-refractivity contribution < 1.29 is 14.0 Å². The number of nitrogens with zero attached hydrogens (tertiary/aromatic N) is 2. The van der Waals surface area contributed by atoms with Crippen LogP contribution in [0.1, 0.15) is 58.3 Å². The lowest BCUT2D eigenvalue weighted by Gasteiger charge is -2.51. The topological polar surface area (TPSA) is 69.4 Å². The molecule has 2 bridgehead atoms. The fraction of sp³-hybridized carbons (Fsp3) is 0.652. The fourth-order valence-electron chi connectivity index (χ4n) is 5.70. The monoisotopic (exact) mass is 399 g/mol. The van der Waals surface area contributed by atoms with Crippen LogP contribution < -0.4 is 14.8 Å². The summed E-state index contributed by atoms with van der Waals surface area (Å²) in [5.74, 6) is 5.02. The molecule has 29 heavy (non-hydrogen) atoms. The zero-order valence-corrected chi connectivity index (χ0v) is 18.0. The summed E-state index contributed by atoms with van der Waals surface area (Å²) in [7, 11) is 3.25. The molecule has 1 aromatic heterocycles. The summed E-state index contributed by atoms with van der Waals surface area (Å²) in [5.41, 5.74) is 1.07. The van der Waals surface area contributed by atoms with Gasteiger partial charge >= 0.3 is 0 Å². The summed E-state index contributed by atoms with van der Waals surface area (Å²) in [4.78, 5) is 4.62. The van der Waals surface area contributed by atoms with Crippen molar-refractivity contribution >= 4 is 0 Å². The molecular weight excluding hydrogens is 366 g/mol. The second kappa shape index (κ2) is 8.34. The molecule has 6 heteroatoms. The average Bonchev–Trinajstić information content (AvgIpc) is 3.20. The van der Waals surface area contributed by atoms with E-state index < -0.39 is 0 Å². The first-order valence-corrected chi connectivity index (χ1v) is 10.8. The number of hydrogen-bond acceptors (Lipinski definition) is 6. The van der Waals surface area contributed by atoms with Crippen LogP contribution in [0, 0.1) is 17.8 Å². The summed E-state index contributed by atoms with van der Waals surface area (Å²) in [6.45, 7) is 5.35. The second-order valence-electron chi connectivity index (χ2n) is 9.04. The van der Waals surface area contributed by atoms with Crippen LogP contribution in [0.15, 0.2) is 22.7 Å². The summed E-state index contributed by atoms with van der Waals surface area (Å²) < 4.78 is 16.2. The molecule has 0 amide bonds. The highest BCUT2D eigenvalue weighted by atomic mass is 16.5. The molecule has 2 saturated carbocycles. The SMILES string of the molecule is CCC1CC2CC(C)CC(NCc3nc(-c4ccc(OC)c(OC)c4)no3)(C1)C2. The molecule has 6 nitrogen and oxygen atoms in total. The van der Waals surface area contributed by atoms with Gasteiger partial charge in [0.05, 0.1) is 20.8 Å². The van der Waals surface area contributed by atoms with Crippen LogP contribution in [0.4, 0.5) is 0 Å². The molecule has 158 valence electrons. The Morgan fingerprint density at radius 1 is 1.14 bits per heavy atom. The van der Waals surface area contributed by atoms with Gasteiger partial charge < -0.3 is 19.3 Å². The molecule has 4 atom stereocenters. The zero-order valence-electron chi connectivity index (χ0n) is 18.0. The Kier molecular flexibility index (Phi) is 5.81. The quantitative estimate of drug-likeness (QED) is 0.718. The molecule has 1 aromatic carbocycles. The molecule has 2 aliphatic rings. The molecule has 0 aliphatic heterocycles. The minimum absolute atomic E-state index is 0.221. The Morgan fingerprint density at radius 2 is 1.97 bits per heavy atom. The van der Waals surface area contributed by atoms with Crippen LogP contribution in [0.2, 0.25) is 0 Å². The standard InChI is InChI=1S/C23H33N3O3/c1-5-16-9-17-8-15(2)11-23(12-16,13-17)24-14-21-25-22(26-29-21)18-6-7-19(27-3)20(10-18)28-4/h6-7,10,15-17,24H,5,8-9,11-14H2,1-4H3. The number of benzene rings is 1. The number of hydrogen-bond donors (Lipinski definition) is 1. The maximum absolute atomic E-state index is 5.56. The van der Waals surface area contributed by atoms with E-state index in [1.807, 2.05) is 18.2 Å². The molecule has 2 aromatic rings. The number of ether oxygens (including phenoxy) is 2. The predicted octanol–water partition coefficient (Wildman–Crippen LogP) is 4.84. The maximum atomic E-state index is 5.56. The van der Waals surface area contributed by atoms with E-state index in [1.54, 1.807) is 14.2 Å². The smallest absolute Gasteiger partial charge is 0.240 e. The molecule has 0 spiro atoms. The van der Waals surface area contributed by atoms with Crippen molar-refractivity contribution in [3.05, 3.63) is 24.1 Å². The van der Waals surface area contributed by atoms with Gasteiger partial charge in [-0.25, -0.2) is 0 Å². The lowest BCUT2D eigenvalue weighted by molar-refractivity contribution is 0.0455. The maximum Gasteiger partial charge on any atom is 0.240 e. The van der Waals surface area contributed by atoms with Crippen molar-refractivity contribution in [2.45, 2.75) is 64.5 Å². The first-order chi connectivity index (χ1) is 14.0. The van der Waals surface area contributed by atoms with Crippen LogP contribution in [-0.2, 0) is 6.54 Å². The van der Waals surface area contributed by atoms with E-state index in [0.29, 0.717) is 29.8 Å². The Morgan fingerprint density at radius 3 is 2.72 bits per heavy atom. The van der Waals surface area contributed by atoms with Gasteiger partial charge in [0.15, 0.2) is 11.5 Å². The van der Waals surface area contributed by atoms with Gasteiger partial charge in [-0.1, -0.05) is 25.4 Å². The number of rotatable bonds is 7. The first kappa shape index (κ1) is 20.2. The molecular formula is C23H33N3O3. The van der Waals surface area contributed by atoms with Gasteiger partial charge in [-0.15, -0.1) is 0 Å². The van der Waals surface area contributed by atoms with Gasteiger partial charge in [-0.05, 0) is 68.1 Å². The van der Waals surface area contributed by atoms with Gasteiger partial charge in [0.2, 0.25) is 11.7 Å². The summed E-state index contributed by atoms with van der Waals surface area (Å²) in [6, 6.07) is 5.65. The molecule has 0 radical (unpaired) electrons. The van der Waals surface area contributed by atoms with Crippen LogP contribution >= 0.6 is 0 Å². The third kappa shape index (κ3) is 4.27. The Balaban J connectivity index is 1.47. The second-order valence-corrected chi connectivity index (χ2v) is 9.04. The van der Waals surface area contributed by atoms with Crippen LogP contribution in [0.3, 0.4) is 0 Å². The van der Waals surface area contributed by atoms with Gasteiger partial charge in [0.25, 0.3) is 0 Å². The van der Waals surface area contributed by atoms with Crippen molar-refractivity contribution in [3.8, 4) is 22.9 Å². The van der Waals surface area contributed by atoms with E-state index >= 15 is 0 Å². The number of methoxy groups -OCH3 is 2. The number of aromatic nitrogens is 2. The van der Waals surface area contributed by atoms with Crippen LogP contribution in [0.5, 0.6) is 11.5 Å². The van der Waals surface area contributed by atoms with Gasteiger partial charge in [-0.2, -0.15) is 4.98 Å². The number of nitrogens with one attached hydrogen (secondary N) is 1. The molecule has 4 rings (SSSR count). The molecule has 2 aliphatic carbocycles. The number of fused-ring (bicyclic) bond motifs is 2. The van der Waals surface area contributed by atoms with Gasteiger partial charge in [0.1, 0.15) is 0 Å². The van der Waals surface area contributed by atoms with E-state index in [9.17, 15) is 0 Å². The predicted molar refractivity (Wildman–Crippen MR) is 112 cm³/mol. The zero-order chi connectivity index (χ0) is 20.4. The van der Waals surface area contributed by atoms with Crippen molar-refractivity contribution in [1.82, 2.24) is 15.5 Å². The Bertz CT molecular complexity index is 833. The minimum Gasteiger partial charge on any atom is -0.493 e. The molecule has 1 N–H and O–H groups in total. The third-order valence-corrected chi connectivity index (χ3v) is 6.80. The minimum atomic E-state index is 0.221. The van der Waals surface area contributed by atoms with Gasteiger partial charge in [0, 0.05) is 11.1 Å². The Labute approximate surface area is 173 Å². The normalized spacial score (nSPS) is 28.9. The summed E-state index contributed by atoms with van der Waals surface area (Å²) in [6.07, 6.45) is 7.85. The van der Waals surface area contributed by atoms with E-state index in [1.165, 1.54) is 38.5 Å². The largest absolute Gasteiger partial charge is 0.493 e. The van der Waals surface area contributed by atoms with E-state index in [2.05, 4.69) is 29.3 Å². The van der Waals surface area contributed by atoms with E-state index in [0.717, 1.165) is 23.3 Å². The lowest BCUT2D eigenvalue weighted by atomic mass is 9.60. The van der Waals surface area contributed by atoms with Gasteiger partial charge in [-0.3, -0.25) is 0 Å². The highest BCUT2D eigenvalue weighted by Crippen LogP contribution is 2.48. The van der Waals surface area contributed by atoms with Crippen LogP contribution in [-0.4, -0.2) is 29.9 Å². The van der Waals surface area contributed by atoms with Crippen molar-refractivity contribution in [2.75, 3.05) is 14.2 Å². The lowest BCUT2D eigenvalue weighted by Crippen LogP contribution is -2.54. The highest BCUT2D eigenvalue weighted by molar-refractivity contribution is 5.60. The Hall–Kier alpha value is -2.08. The van der Waals surface area contributed by atoms with E-state index in [4.69, 9.17) is 14.0 Å². The van der Waals surface area contributed by atoms with Crippen LogP contribution in [0.25, 0.3) is 11.4 Å². The molecule has 1 heterocycles. The fourth-order valence-corrected chi connectivity index (χ4v) is 5.70.